The summed E-state index contributed by atoms with van der Waals surface area (Å²) in [5.41, 5.74) is 7.88. The van der Waals surface area contributed by atoms with Crippen molar-refractivity contribution >= 4 is 23.5 Å². The number of nitrogens with two attached hydrogens (primary N) is 1. The van der Waals surface area contributed by atoms with E-state index in [1.54, 1.807) is 6.92 Å². The maximum Gasteiger partial charge on any atom is 0.232 e. The van der Waals surface area contributed by atoms with E-state index in [0.29, 0.717) is 18.3 Å². The molecule has 2 aromatic rings. The Kier molecular flexibility index (Phi) is 5.08. The lowest BCUT2D eigenvalue weighted by atomic mass is 10.2. The monoisotopic (exact) mass is 341 g/mol. The van der Waals surface area contributed by atoms with Gasteiger partial charge in [0.15, 0.2) is 0 Å². The summed E-state index contributed by atoms with van der Waals surface area (Å²) < 4.78 is 0. The van der Waals surface area contributed by atoms with Crippen LogP contribution < -0.4 is 11.1 Å². The maximum atomic E-state index is 11.4. The molecule has 3 rings (SSSR count). The Morgan fingerprint density at radius 1 is 1.16 bits per heavy atom. The first-order valence-electron chi connectivity index (χ1n) is 8.32. The number of carbonyl (C=O) groups is 1. The second-order valence-corrected chi connectivity index (χ2v) is 6.16. The average Bonchev–Trinajstić information content (AvgIpc) is 2.57. The molecule has 1 aliphatic heterocycles. The average molecular weight is 341 g/mol. The number of nitrogens with one attached hydrogen (secondary N) is 1. The summed E-state index contributed by atoms with van der Waals surface area (Å²) in [6.07, 6.45) is 0. The first kappa shape index (κ1) is 17.1. The van der Waals surface area contributed by atoms with Crippen LogP contribution in [0.2, 0.25) is 0 Å². The van der Waals surface area contributed by atoms with Crippen LogP contribution in [0.5, 0.6) is 0 Å². The summed E-state index contributed by atoms with van der Waals surface area (Å²) in [5.74, 6) is 1.39. The molecule has 1 fully saturated rings. The molecule has 1 amide bonds. The van der Waals surface area contributed by atoms with Crippen molar-refractivity contribution in [1.29, 1.82) is 0 Å². The van der Waals surface area contributed by atoms with Crippen molar-refractivity contribution in [2.45, 2.75) is 20.4 Å². The number of nitrogens with zero attached hydrogens (tertiary/aromatic N) is 5. The molecule has 8 nitrogen and oxygen atoms in total. The number of amides is 1. The molecule has 3 N–H and O–H groups in total. The summed E-state index contributed by atoms with van der Waals surface area (Å²) in [5, 5.41) is 3.20. The Balaban J connectivity index is 1.68. The Bertz CT molecular complexity index is 756. The van der Waals surface area contributed by atoms with Gasteiger partial charge in [0.1, 0.15) is 5.82 Å². The van der Waals surface area contributed by atoms with Crippen LogP contribution >= 0.6 is 0 Å². The minimum absolute atomic E-state index is 0.119. The van der Waals surface area contributed by atoms with Gasteiger partial charge in [-0.1, -0.05) is 18.2 Å². The molecule has 132 valence electrons. The predicted octanol–water partition coefficient (Wildman–Crippen LogP) is 1.17. The summed E-state index contributed by atoms with van der Waals surface area (Å²) in [6.45, 7) is 7.25. The number of hydrogen-bond donors (Lipinski definition) is 2. The maximum absolute atomic E-state index is 11.4. The molecule has 0 radical (unpaired) electrons. The zero-order chi connectivity index (χ0) is 17.8. The van der Waals surface area contributed by atoms with Crippen LogP contribution in [0.3, 0.4) is 0 Å². The van der Waals surface area contributed by atoms with Gasteiger partial charge in [-0.2, -0.15) is 15.0 Å². The lowest BCUT2D eigenvalue weighted by Gasteiger charge is -2.33. The van der Waals surface area contributed by atoms with E-state index in [4.69, 9.17) is 5.73 Å². The lowest BCUT2D eigenvalue weighted by Crippen LogP contribution is -2.47. The van der Waals surface area contributed by atoms with E-state index < -0.39 is 0 Å². The van der Waals surface area contributed by atoms with Crippen LogP contribution in [0.4, 0.5) is 17.6 Å². The number of carbonyl (C=O) groups excluding carboxylic acids is 1. The molecule has 0 atom stereocenters. The third-order valence-corrected chi connectivity index (χ3v) is 4.27. The van der Waals surface area contributed by atoms with Crippen molar-refractivity contribution in [2.24, 2.45) is 0 Å². The van der Waals surface area contributed by atoms with Crippen LogP contribution in [0.25, 0.3) is 0 Å². The van der Waals surface area contributed by atoms with Crippen LogP contribution in [-0.4, -0.2) is 56.8 Å². The predicted molar refractivity (Wildman–Crippen MR) is 96.2 cm³/mol. The van der Waals surface area contributed by atoms with Gasteiger partial charge in [-0.3, -0.25) is 9.69 Å². The first-order chi connectivity index (χ1) is 12.0. The third-order valence-electron chi connectivity index (χ3n) is 4.27. The van der Waals surface area contributed by atoms with E-state index in [9.17, 15) is 4.79 Å². The van der Waals surface area contributed by atoms with E-state index in [1.807, 2.05) is 36.1 Å². The van der Waals surface area contributed by atoms with E-state index >= 15 is 0 Å². The smallest absolute Gasteiger partial charge is 0.232 e. The van der Waals surface area contributed by atoms with E-state index in [1.165, 1.54) is 0 Å². The third kappa shape index (κ3) is 4.42. The standard InChI is InChI=1S/C17H23N7O/c1-12-5-3-4-6-14(12)19-17-21-15(20-16(18)22-17)11-23-7-9-24(10-8-23)13(2)25/h3-6H,7-11H2,1-2H3,(H3,18,19,20,21,22). The Labute approximate surface area is 147 Å². The molecule has 25 heavy (non-hydrogen) atoms. The summed E-state index contributed by atoms with van der Waals surface area (Å²) in [7, 11) is 0. The van der Waals surface area contributed by atoms with E-state index in [2.05, 4.69) is 25.2 Å². The van der Waals surface area contributed by atoms with Gasteiger partial charge >= 0.3 is 0 Å². The van der Waals surface area contributed by atoms with E-state index in [0.717, 1.165) is 37.4 Å². The van der Waals surface area contributed by atoms with Gasteiger partial charge in [0.05, 0.1) is 6.54 Å². The number of piperazine rings is 1. The number of para-hydroxylation sites is 1. The topological polar surface area (TPSA) is 100 Å². The molecule has 1 saturated heterocycles. The van der Waals surface area contributed by atoms with Crippen molar-refractivity contribution in [3.8, 4) is 0 Å². The zero-order valence-electron chi connectivity index (χ0n) is 14.6. The molecular weight excluding hydrogens is 318 g/mol. The fraction of sp³-hybridized carbons (Fsp3) is 0.412. The molecule has 1 aromatic carbocycles. The quantitative estimate of drug-likeness (QED) is 0.861. The molecule has 0 aliphatic carbocycles. The lowest BCUT2D eigenvalue weighted by molar-refractivity contribution is -0.130. The fourth-order valence-corrected chi connectivity index (χ4v) is 2.82. The number of benzene rings is 1. The fourth-order valence-electron chi connectivity index (χ4n) is 2.82. The normalized spacial score (nSPS) is 15.2. The van der Waals surface area contributed by atoms with Crippen molar-refractivity contribution in [2.75, 3.05) is 37.2 Å². The number of aromatic nitrogens is 3. The van der Waals surface area contributed by atoms with Crippen LogP contribution in [0.1, 0.15) is 18.3 Å². The summed E-state index contributed by atoms with van der Waals surface area (Å²) >= 11 is 0. The Morgan fingerprint density at radius 3 is 2.56 bits per heavy atom. The molecule has 1 aliphatic rings. The Morgan fingerprint density at radius 2 is 1.88 bits per heavy atom. The van der Waals surface area contributed by atoms with Crippen LogP contribution in [0.15, 0.2) is 24.3 Å². The number of anilines is 3. The highest BCUT2D eigenvalue weighted by atomic mass is 16.2. The van der Waals surface area contributed by atoms with Gasteiger partial charge in [0, 0.05) is 38.8 Å². The number of rotatable bonds is 4. The SMILES string of the molecule is CC(=O)N1CCN(Cc2nc(N)nc(Nc3ccccc3C)n2)CC1. The van der Waals surface area contributed by atoms with Gasteiger partial charge in [-0.15, -0.1) is 0 Å². The highest BCUT2D eigenvalue weighted by Crippen LogP contribution is 2.18. The molecule has 8 heteroatoms. The van der Waals surface area contributed by atoms with E-state index in [-0.39, 0.29) is 11.9 Å². The largest absolute Gasteiger partial charge is 0.368 e. The highest BCUT2D eigenvalue weighted by Gasteiger charge is 2.19. The van der Waals surface area contributed by atoms with Gasteiger partial charge in [0.25, 0.3) is 0 Å². The van der Waals surface area contributed by atoms with Crippen molar-refractivity contribution in [1.82, 2.24) is 24.8 Å². The zero-order valence-corrected chi connectivity index (χ0v) is 14.6. The molecule has 2 heterocycles. The summed E-state index contributed by atoms with van der Waals surface area (Å²) in [6, 6.07) is 7.92. The summed E-state index contributed by atoms with van der Waals surface area (Å²) in [4.78, 5) is 28.4. The second kappa shape index (κ2) is 7.43. The molecule has 1 aromatic heterocycles. The molecule has 0 saturated carbocycles. The highest BCUT2D eigenvalue weighted by molar-refractivity contribution is 5.73. The van der Waals surface area contributed by atoms with Crippen LogP contribution in [0, 0.1) is 6.92 Å². The number of nitrogen functional groups attached to an aromatic ring is 1. The van der Waals surface area contributed by atoms with Gasteiger partial charge in [-0.05, 0) is 18.6 Å². The van der Waals surface area contributed by atoms with Crippen LogP contribution in [-0.2, 0) is 11.3 Å². The Hall–Kier alpha value is -2.74. The minimum atomic E-state index is 0.119. The van der Waals surface area contributed by atoms with Gasteiger partial charge < -0.3 is 16.0 Å². The van der Waals surface area contributed by atoms with Crippen molar-refractivity contribution < 1.29 is 4.79 Å². The number of hydrogen-bond acceptors (Lipinski definition) is 7. The minimum Gasteiger partial charge on any atom is -0.368 e. The second-order valence-electron chi connectivity index (χ2n) is 6.16. The van der Waals surface area contributed by atoms with Gasteiger partial charge in [-0.25, -0.2) is 0 Å². The van der Waals surface area contributed by atoms with Crippen molar-refractivity contribution in [3.63, 3.8) is 0 Å². The molecular formula is C17H23N7O. The molecule has 0 spiro atoms. The number of aryl methyl sites for hydroxylation is 1. The first-order valence-corrected chi connectivity index (χ1v) is 8.32. The van der Waals surface area contributed by atoms with Crippen molar-refractivity contribution in [3.05, 3.63) is 35.7 Å². The molecule has 0 bridgehead atoms. The van der Waals surface area contributed by atoms with Gasteiger partial charge in [0.2, 0.25) is 17.8 Å². The molecule has 0 unspecified atom stereocenters.